The van der Waals surface area contributed by atoms with Crippen molar-refractivity contribution in [2.75, 3.05) is 13.7 Å². The number of hydrogen-bond donors (Lipinski definition) is 1. The molecule has 1 aromatic carbocycles. The van der Waals surface area contributed by atoms with Gasteiger partial charge < -0.3 is 15.2 Å². The lowest BCUT2D eigenvalue weighted by Gasteiger charge is -2.18. The summed E-state index contributed by atoms with van der Waals surface area (Å²) >= 11 is 0. The molecule has 1 rings (SSSR count). The monoisotopic (exact) mass is 279 g/mol. The van der Waals surface area contributed by atoms with Crippen molar-refractivity contribution >= 4 is 0 Å². The Kier molecular flexibility index (Phi) is 8.31. The summed E-state index contributed by atoms with van der Waals surface area (Å²) in [6, 6.07) is 7.78. The minimum Gasteiger partial charge on any atom is -0.497 e. The zero-order valence-electron chi connectivity index (χ0n) is 13.1. The van der Waals surface area contributed by atoms with Crippen LogP contribution in [-0.4, -0.2) is 19.8 Å². The average molecular weight is 279 g/mol. The van der Waals surface area contributed by atoms with Gasteiger partial charge in [-0.25, -0.2) is 0 Å². The van der Waals surface area contributed by atoms with Crippen LogP contribution in [0.2, 0.25) is 0 Å². The number of benzene rings is 1. The van der Waals surface area contributed by atoms with Crippen LogP contribution in [0.5, 0.6) is 5.75 Å². The molecule has 1 aromatic rings. The Bertz CT molecular complexity index is 368. The second-order valence-electron chi connectivity index (χ2n) is 5.38. The summed E-state index contributed by atoms with van der Waals surface area (Å²) in [7, 11) is 1.67. The summed E-state index contributed by atoms with van der Waals surface area (Å²) in [4.78, 5) is 0. The molecule has 0 fully saturated rings. The first kappa shape index (κ1) is 17.0. The summed E-state index contributed by atoms with van der Waals surface area (Å²) < 4.78 is 11.1. The summed E-state index contributed by atoms with van der Waals surface area (Å²) in [6.07, 6.45) is 6.52. The first-order valence-corrected chi connectivity index (χ1v) is 7.68. The van der Waals surface area contributed by atoms with Crippen LogP contribution in [0.1, 0.15) is 57.6 Å². The highest BCUT2D eigenvalue weighted by Gasteiger charge is 2.10. The fourth-order valence-corrected chi connectivity index (χ4v) is 2.18. The van der Waals surface area contributed by atoms with E-state index in [-0.39, 0.29) is 12.1 Å². The highest BCUT2D eigenvalue weighted by atomic mass is 16.5. The lowest BCUT2D eigenvalue weighted by atomic mass is 10.1. The maximum absolute atomic E-state index is 6.16. The van der Waals surface area contributed by atoms with Crippen molar-refractivity contribution in [3.63, 3.8) is 0 Å². The van der Waals surface area contributed by atoms with Gasteiger partial charge in [-0.2, -0.15) is 0 Å². The number of nitrogens with two attached hydrogens (primary N) is 1. The molecule has 114 valence electrons. The molecule has 3 heteroatoms. The van der Waals surface area contributed by atoms with Gasteiger partial charge in [-0.15, -0.1) is 0 Å². The standard InChI is InChI=1S/C17H29NO2/c1-4-5-6-7-9-14(2)20-13-17(18)15-10-8-11-16(12-15)19-3/h8,10-12,14,17H,4-7,9,13,18H2,1-3H3. The highest BCUT2D eigenvalue weighted by Crippen LogP contribution is 2.18. The van der Waals surface area contributed by atoms with Gasteiger partial charge in [0.25, 0.3) is 0 Å². The van der Waals surface area contributed by atoms with Crippen LogP contribution in [0.15, 0.2) is 24.3 Å². The predicted molar refractivity (Wildman–Crippen MR) is 84.1 cm³/mol. The van der Waals surface area contributed by atoms with Gasteiger partial charge in [0.05, 0.1) is 25.9 Å². The van der Waals surface area contributed by atoms with E-state index >= 15 is 0 Å². The number of unbranched alkanes of at least 4 members (excludes halogenated alkanes) is 3. The van der Waals surface area contributed by atoms with Crippen molar-refractivity contribution in [2.45, 2.75) is 58.1 Å². The van der Waals surface area contributed by atoms with Crippen LogP contribution >= 0.6 is 0 Å². The number of rotatable bonds is 10. The van der Waals surface area contributed by atoms with Gasteiger partial charge in [0, 0.05) is 0 Å². The van der Waals surface area contributed by atoms with Crippen LogP contribution in [0.3, 0.4) is 0 Å². The smallest absolute Gasteiger partial charge is 0.119 e. The second kappa shape index (κ2) is 9.78. The summed E-state index contributed by atoms with van der Waals surface area (Å²) in [6.45, 7) is 4.92. The Labute approximate surface area is 123 Å². The van der Waals surface area contributed by atoms with Crippen LogP contribution in [0.4, 0.5) is 0 Å². The molecule has 0 saturated heterocycles. The van der Waals surface area contributed by atoms with E-state index < -0.39 is 0 Å². The number of hydrogen-bond acceptors (Lipinski definition) is 3. The SMILES string of the molecule is CCCCCCC(C)OCC(N)c1cccc(OC)c1. The molecule has 0 aromatic heterocycles. The number of ether oxygens (including phenoxy) is 2. The van der Waals surface area contributed by atoms with Crippen molar-refractivity contribution in [2.24, 2.45) is 5.73 Å². The molecule has 0 heterocycles. The van der Waals surface area contributed by atoms with E-state index in [1.54, 1.807) is 7.11 Å². The van der Waals surface area contributed by atoms with E-state index in [0.717, 1.165) is 17.7 Å². The average Bonchev–Trinajstić information content (AvgIpc) is 2.49. The highest BCUT2D eigenvalue weighted by molar-refractivity contribution is 5.30. The molecular formula is C17H29NO2. The Morgan fingerprint density at radius 2 is 2.00 bits per heavy atom. The Morgan fingerprint density at radius 3 is 2.70 bits per heavy atom. The molecule has 0 saturated carbocycles. The summed E-state index contributed by atoms with van der Waals surface area (Å²) in [5.41, 5.74) is 7.22. The molecule has 2 unspecified atom stereocenters. The molecule has 0 radical (unpaired) electrons. The summed E-state index contributed by atoms with van der Waals surface area (Å²) in [5, 5.41) is 0. The molecule has 0 aliphatic rings. The van der Waals surface area contributed by atoms with Crippen molar-refractivity contribution in [1.29, 1.82) is 0 Å². The van der Waals surface area contributed by atoms with Gasteiger partial charge in [0.2, 0.25) is 0 Å². The maximum Gasteiger partial charge on any atom is 0.119 e. The normalized spacial score (nSPS) is 14.0. The molecule has 0 spiro atoms. The molecule has 2 N–H and O–H groups in total. The van der Waals surface area contributed by atoms with Gasteiger partial charge in [-0.05, 0) is 31.0 Å². The molecule has 20 heavy (non-hydrogen) atoms. The van der Waals surface area contributed by atoms with Crippen LogP contribution < -0.4 is 10.5 Å². The third-order valence-corrected chi connectivity index (χ3v) is 3.55. The van der Waals surface area contributed by atoms with Crippen LogP contribution in [-0.2, 0) is 4.74 Å². The number of methoxy groups -OCH3 is 1. The Morgan fingerprint density at radius 1 is 1.20 bits per heavy atom. The fraction of sp³-hybridized carbons (Fsp3) is 0.647. The van der Waals surface area contributed by atoms with E-state index in [9.17, 15) is 0 Å². The van der Waals surface area contributed by atoms with Gasteiger partial charge in [-0.1, -0.05) is 44.7 Å². The zero-order chi connectivity index (χ0) is 14.8. The van der Waals surface area contributed by atoms with Gasteiger partial charge in [-0.3, -0.25) is 0 Å². The van der Waals surface area contributed by atoms with Gasteiger partial charge >= 0.3 is 0 Å². The van der Waals surface area contributed by atoms with Crippen LogP contribution in [0.25, 0.3) is 0 Å². The van der Waals surface area contributed by atoms with Gasteiger partial charge in [0.15, 0.2) is 0 Å². The molecule has 0 amide bonds. The lowest BCUT2D eigenvalue weighted by Crippen LogP contribution is -2.21. The molecule has 0 bridgehead atoms. The lowest BCUT2D eigenvalue weighted by molar-refractivity contribution is 0.0490. The van der Waals surface area contributed by atoms with E-state index in [2.05, 4.69) is 13.8 Å². The third-order valence-electron chi connectivity index (χ3n) is 3.55. The van der Waals surface area contributed by atoms with Crippen molar-refractivity contribution < 1.29 is 9.47 Å². The summed E-state index contributed by atoms with van der Waals surface area (Å²) in [5.74, 6) is 0.838. The molecule has 2 atom stereocenters. The first-order valence-electron chi connectivity index (χ1n) is 7.68. The minimum absolute atomic E-state index is 0.0943. The Balaban J connectivity index is 2.29. The van der Waals surface area contributed by atoms with Crippen molar-refractivity contribution in [3.05, 3.63) is 29.8 Å². The third kappa shape index (κ3) is 6.40. The quantitative estimate of drug-likeness (QED) is 0.657. The topological polar surface area (TPSA) is 44.5 Å². The van der Waals surface area contributed by atoms with Crippen molar-refractivity contribution in [3.8, 4) is 5.75 Å². The Hall–Kier alpha value is -1.06. The maximum atomic E-state index is 6.16. The van der Waals surface area contributed by atoms with E-state index in [0.29, 0.717) is 6.61 Å². The molecule has 3 nitrogen and oxygen atoms in total. The van der Waals surface area contributed by atoms with Crippen molar-refractivity contribution in [1.82, 2.24) is 0 Å². The van der Waals surface area contributed by atoms with Gasteiger partial charge in [0.1, 0.15) is 5.75 Å². The molecular weight excluding hydrogens is 250 g/mol. The van der Waals surface area contributed by atoms with E-state index in [1.165, 1.54) is 25.7 Å². The van der Waals surface area contributed by atoms with E-state index in [1.807, 2.05) is 24.3 Å². The zero-order valence-corrected chi connectivity index (χ0v) is 13.1. The largest absolute Gasteiger partial charge is 0.497 e. The molecule has 0 aliphatic heterocycles. The predicted octanol–water partition coefficient (Wildman–Crippen LogP) is 4.07. The second-order valence-corrected chi connectivity index (χ2v) is 5.38. The fourth-order valence-electron chi connectivity index (χ4n) is 2.18. The van der Waals surface area contributed by atoms with E-state index in [4.69, 9.17) is 15.2 Å². The first-order chi connectivity index (χ1) is 9.67. The molecule has 0 aliphatic carbocycles. The minimum atomic E-state index is -0.0943. The van der Waals surface area contributed by atoms with Crippen LogP contribution in [0, 0.1) is 0 Å².